The maximum absolute atomic E-state index is 13.0. The standard InChI is InChI=1S/C29H29N3O3/c33-27-10-9-26(28(34)30-27)32-18-24-16-23(7-8-25(24)29(32)35)21-11-13-31(14-12-21)17-19-5-6-20-3-1-2-4-22(20)15-19/h1-8,15-16,21,26H,9-14,17-18H2,(H,30,33,34). The molecular weight excluding hydrogens is 438 g/mol. The van der Waals surface area contributed by atoms with Crippen LogP contribution in [0.1, 0.15) is 58.6 Å². The van der Waals surface area contributed by atoms with Gasteiger partial charge in [-0.05, 0) is 77.9 Å². The molecular formula is C29H29N3O3. The highest BCUT2D eigenvalue weighted by Gasteiger charge is 2.39. The number of amides is 3. The molecule has 1 unspecified atom stereocenters. The molecule has 0 spiro atoms. The predicted molar refractivity (Wildman–Crippen MR) is 134 cm³/mol. The van der Waals surface area contributed by atoms with Crippen LogP contribution >= 0.6 is 0 Å². The quantitative estimate of drug-likeness (QED) is 0.590. The molecule has 3 aromatic carbocycles. The van der Waals surface area contributed by atoms with E-state index in [1.807, 2.05) is 6.07 Å². The number of rotatable bonds is 4. The van der Waals surface area contributed by atoms with Gasteiger partial charge in [0.15, 0.2) is 0 Å². The topological polar surface area (TPSA) is 69.7 Å². The fourth-order valence-corrected chi connectivity index (χ4v) is 5.87. The van der Waals surface area contributed by atoms with Gasteiger partial charge in [0.25, 0.3) is 5.91 Å². The molecule has 6 rings (SSSR count). The molecule has 35 heavy (non-hydrogen) atoms. The van der Waals surface area contributed by atoms with Gasteiger partial charge in [-0.25, -0.2) is 0 Å². The molecule has 0 aliphatic carbocycles. The van der Waals surface area contributed by atoms with Crippen molar-refractivity contribution in [3.05, 3.63) is 82.9 Å². The minimum atomic E-state index is -0.561. The molecule has 1 N–H and O–H groups in total. The van der Waals surface area contributed by atoms with Crippen LogP contribution in [0.5, 0.6) is 0 Å². The highest BCUT2D eigenvalue weighted by Crippen LogP contribution is 2.34. The Morgan fingerprint density at radius 2 is 1.66 bits per heavy atom. The Morgan fingerprint density at radius 3 is 2.46 bits per heavy atom. The van der Waals surface area contributed by atoms with Gasteiger partial charge in [-0.3, -0.25) is 24.6 Å². The van der Waals surface area contributed by atoms with Crippen molar-refractivity contribution < 1.29 is 14.4 Å². The van der Waals surface area contributed by atoms with Gasteiger partial charge in [-0.1, -0.05) is 48.5 Å². The Hall–Kier alpha value is -3.51. The van der Waals surface area contributed by atoms with Gasteiger partial charge in [-0.2, -0.15) is 0 Å². The first-order chi connectivity index (χ1) is 17.0. The van der Waals surface area contributed by atoms with Crippen molar-refractivity contribution in [2.24, 2.45) is 0 Å². The molecule has 0 saturated carbocycles. The number of imide groups is 1. The van der Waals surface area contributed by atoms with Crippen molar-refractivity contribution in [2.45, 2.75) is 50.7 Å². The summed E-state index contributed by atoms with van der Waals surface area (Å²) in [7, 11) is 0. The van der Waals surface area contributed by atoms with Crippen molar-refractivity contribution in [1.29, 1.82) is 0 Å². The van der Waals surface area contributed by atoms with Crippen LogP contribution in [0.2, 0.25) is 0 Å². The maximum atomic E-state index is 13.0. The lowest BCUT2D eigenvalue weighted by Gasteiger charge is -2.32. The molecule has 1 atom stereocenters. The van der Waals surface area contributed by atoms with E-state index in [1.165, 1.54) is 21.9 Å². The Bertz CT molecular complexity index is 1330. The van der Waals surface area contributed by atoms with E-state index in [-0.39, 0.29) is 24.1 Å². The molecule has 6 nitrogen and oxygen atoms in total. The summed E-state index contributed by atoms with van der Waals surface area (Å²) in [5.74, 6) is -0.245. The van der Waals surface area contributed by atoms with Gasteiger partial charge in [0.05, 0.1) is 0 Å². The summed E-state index contributed by atoms with van der Waals surface area (Å²) in [4.78, 5) is 40.9. The SMILES string of the molecule is O=C1CCC(N2Cc3cc(C4CCN(Cc5ccc6ccccc6c5)CC4)ccc3C2=O)C(=O)N1. The third-order valence-electron chi connectivity index (χ3n) is 7.83. The van der Waals surface area contributed by atoms with Crippen molar-refractivity contribution in [3.8, 4) is 0 Å². The minimum Gasteiger partial charge on any atom is -0.322 e. The fourth-order valence-electron chi connectivity index (χ4n) is 5.87. The second-order valence-corrected chi connectivity index (χ2v) is 10.0. The first-order valence-corrected chi connectivity index (χ1v) is 12.5. The van der Waals surface area contributed by atoms with Gasteiger partial charge < -0.3 is 4.90 Å². The van der Waals surface area contributed by atoms with Crippen LogP contribution < -0.4 is 5.32 Å². The van der Waals surface area contributed by atoms with Crippen molar-refractivity contribution >= 4 is 28.5 Å². The van der Waals surface area contributed by atoms with E-state index in [0.29, 0.717) is 24.4 Å². The van der Waals surface area contributed by atoms with Crippen LogP contribution in [0.4, 0.5) is 0 Å². The highest BCUT2D eigenvalue weighted by atomic mass is 16.2. The van der Waals surface area contributed by atoms with E-state index < -0.39 is 6.04 Å². The Balaban J connectivity index is 1.10. The normalized spacial score (nSPS) is 21.4. The van der Waals surface area contributed by atoms with Gasteiger partial charge in [0.1, 0.15) is 6.04 Å². The number of nitrogens with zero attached hydrogens (tertiary/aromatic N) is 2. The number of fused-ring (bicyclic) bond motifs is 2. The zero-order chi connectivity index (χ0) is 23.9. The first kappa shape index (κ1) is 22.0. The van der Waals surface area contributed by atoms with E-state index >= 15 is 0 Å². The summed E-state index contributed by atoms with van der Waals surface area (Å²) in [6.07, 6.45) is 2.86. The summed E-state index contributed by atoms with van der Waals surface area (Å²) in [6.45, 7) is 3.51. The molecule has 3 aromatic rings. The van der Waals surface area contributed by atoms with E-state index in [0.717, 1.165) is 38.0 Å². The summed E-state index contributed by atoms with van der Waals surface area (Å²) in [6, 6.07) is 20.9. The van der Waals surface area contributed by atoms with Crippen LogP contribution in [-0.4, -0.2) is 46.7 Å². The van der Waals surface area contributed by atoms with Crippen molar-refractivity contribution in [1.82, 2.24) is 15.1 Å². The molecule has 3 aliphatic rings. The van der Waals surface area contributed by atoms with Gasteiger partial charge in [-0.15, -0.1) is 0 Å². The van der Waals surface area contributed by atoms with Gasteiger partial charge in [0, 0.05) is 25.1 Å². The number of nitrogens with one attached hydrogen (secondary N) is 1. The third kappa shape index (κ3) is 4.23. The lowest BCUT2D eigenvalue weighted by atomic mass is 9.87. The molecule has 0 aromatic heterocycles. The predicted octanol–water partition coefficient (Wildman–Crippen LogP) is 3.98. The van der Waals surface area contributed by atoms with E-state index in [4.69, 9.17) is 0 Å². The van der Waals surface area contributed by atoms with Crippen LogP contribution in [-0.2, 0) is 22.7 Å². The van der Waals surface area contributed by atoms with Crippen LogP contribution in [0.25, 0.3) is 10.8 Å². The molecule has 0 radical (unpaired) electrons. The van der Waals surface area contributed by atoms with Crippen LogP contribution in [0, 0.1) is 0 Å². The highest BCUT2D eigenvalue weighted by molar-refractivity contribution is 6.05. The third-order valence-corrected chi connectivity index (χ3v) is 7.83. The Kier molecular flexibility index (Phi) is 5.61. The van der Waals surface area contributed by atoms with Crippen molar-refractivity contribution in [2.75, 3.05) is 13.1 Å². The Labute approximate surface area is 204 Å². The van der Waals surface area contributed by atoms with E-state index in [2.05, 4.69) is 64.8 Å². The smallest absolute Gasteiger partial charge is 0.255 e. The molecule has 0 bridgehead atoms. The summed E-state index contributed by atoms with van der Waals surface area (Å²) < 4.78 is 0. The summed E-state index contributed by atoms with van der Waals surface area (Å²) in [5.41, 5.74) is 4.32. The fraction of sp³-hybridized carbons (Fsp3) is 0.345. The monoisotopic (exact) mass is 467 g/mol. The number of hydrogen-bond donors (Lipinski definition) is 1. The lowest BCUT2D eigenvalue weighted by Crippen LogP contribution is -2.52. The van der Waals surface area contributed by atoms with Gasteiger partial charge in [0.2, 0.25) is 11.8 Å². The zero-order valence-electron chi connectivity index (χ0n) is 19.7. The maximum Gasteiger partial charge on any atom is 0.255 e. The van der Waals surface area contributed by atoms with Crippen LogP contribution in [0.15, 0.2) is 60.7 Å². The number of likely N-dealkylation sites (tertiary alicyclic amines) is 1. The molecule has 178 valence electrons. The molecule has 3 heterocycles. The molecule has 2 saturated heterocycles. The number of carbonyl (C=O) groups excluding carboxylic acids is 3. The summed E-state index contributed by atoms with van der Waals surface area (Å²) in [5, 5.41) is 4.94. The van der Waals surface area contributed by atoms with Crippen molar-refractivity contribution in [3.63, 3.8) is 0 Å². The molecule has 3 aliphatic heterocycles. The second-order valence-electron chi connectivity index (χ2n) is 10.0. The van der Waals surface area contributed by atoms with E-state index in [9.17, 15) is 14.4 Å². The van der Waals surface area contributed by atoms with E-state index in [1.54, 1.807) is 4.90 Å². The first-order valence-electron chi connectivity index (χ1n) is 12.5. The average Bonchev–Trinajstić information content (AvgIpc) is 3.20. The number of hydrogen-bond acceptors (Lipinski definition) is 4. The second kappa shape index (κ2) is 8.93. The Morgan fingerprint density at radius 1 is 0.857 bits per heavy atom. The van der Waals surface area contributed by atoms with Crippen LogP contribution in [0.3, 0.4) is 0 Å². The van der Waals surface area contributed by atoms with Gasteiger partial charge >= 0.3 is 0 Å². The summed E-state index contributed by atoms with van der Waals surface area (Å²) >= 11 is 0. The minimum absolute atomic E-state index is 0.105. The number of benzene rings is 3. The average molecular weight is 468 g/mol. The number of carbonyl (C=O) groups is 3. The molecule has 2 fully saturated rings. The largest absolute Gasteiger partial charge is 0.322 e. The molecule has 6 heteroatoms. The number of piperidine rings is 2. The molecule has 3 amide bonds. The zero-order valence-corrected chi connectivity index (χ0v) is 19.7. The lowest BCUT2D eigenvalue weighted by molar-refractivity contribution is -0.136.